The minimum atomic E-state index is -0.313. The van der Waals surface area contributed by atoms with Crippen molar-refractivity contribution < 1.29 is 4.79 Å². The summed E-state index contributed by atoms with van der Waals surface area (Å²) in [6.07, 6.45) is 3.89. The molecule has 0 saturated heterocycles. The molecule has 3 heteroatoms. The summed E-state index contributed by atoms with van der Waals surface area (Å²) in [6.45, 7) is 0. The van der Waals surface area contributed by atoms with Gasteiger partial charge in [-0.15, -0.1) is 11.8 Å². The molecule has 2 aromatic rings. The second-order valence-electron chi connectivity index (χ2n) is 5.10. The van der Waals surface area contributed by atoms with E-state index in [0.717, 1.165) is 29.0 Å². The first-order valence-electron chi connectivity index (χ1n) is 6.76. The molecule has 0 spiro atoms. The van der Waals surface area contributed by atoms with Crippen LogP contribution in [0.1, 0.15) is 18.4 Å². The summed E-state index contributed by atoms with van der Waals surface area (Å²) >= 11 is 1.65. The molecule has 0 unspecified atom stereocenters. The molecule has 1 aliphatic carbocycles. The minimum Gasteiger partial charge on any atom is -0.324 e. The van der Waals surface area contributed by atoms with Crippen LogP contribution in [0, 0.1) is 0 Å². The van der Waals surface area contributed by atoms with Crippen LogP contribution in [0.15, 0.2) is 59.5 Å². The zero-order valence-corrected chi connectivity index (χ0v) is 12.2. The third kappa shape index (κ3) is 2.34. The van der Waals surface area contributed by atoms with Crippen LogP contribution in [-0.2, 0) is 10.2 Å². The highest BCUT2D eigenvalue weighted by Crippen LogP contribution is 2.49. The fraction of sp³-hybridized carbons (Fsp3) is 0.235. The number of carbonyl (C=O) groups excluding carboxylic acids is 1. The summed E-state index contributed by atoms with van der Waals surface area (Å²) in [5.41, 5.74) is 1.72. The zero-order chi connectivity index (χ0) is 14.0. The Kier molecular flexibility index (Phi) is 3.53. The molecule has 1 saturated carbocycles. The van der Waals surface area contributed by atoms with Gasteiger partial charge in [-0.1, -0.05) is 42.5 Å². The number of carbonyl (C=O) groups is 1. The van der Waals surface area contributed by atoms with Gasteiger partial charge in [0, 0.05) is 4.90 Å². The Morgan fingerprint density at radius 3 is 2.35 bits per heavy atom. The van der Waals surface area contributed by atoms with Crippen molar-refractivity contribution in [3.8, 4) is 0 Å². The highest BCUT2D eigenvalue weighted by atomic mass is 32.2. The lowest BCUT2D eigenvalue weighted by Crippen LogP contribution is -2.27. The molecule has 1 amide bonds. The topological polar surface area (TPSA) is 29.1 Å². The van der Waals surface area contributed by atoms with Crippen molar-refractivity contribution >= 4 is 23.4 Å². The van der Waals surface area contributed by atoms with E-state index in [4.69, 9.17) is 0 Å². The lowest BCUT2D eigenvalue weighted by molar-refractivity contribution is -0.118. The molecule has 1 fully saturated rings. The Morgan fingerprint density at radius 2 is 1.70 bits per heavy atom. The summed E-state index contributed by atoms with van der Waals surface area (Å²) in [7, 11) is 0. The van der Waals surface area contributed by atoms with Crippen LogP contribution in [-0.4, -0.2) is 12.2 Å². The summed E-state index contributed by atoms with van der Waals surface area (Å²) < 4.78 is 0. The van der Waals surface area contributed by atoms with Crippen LogP contribution in [0.4, 0.5) is 5.69 Å². The second-order valence-corrected chi connectivity index (χ2v) is 5.95. The van der Waals surface area contributed by atoms with Gasteiger partial charge in [-0.05, 0) is 36.8 Å². The number of hydrogen-bond acceptors (Lipinski definition) is 2. The van der Waals surface area contributed by atoms with Crippen molar-refractivity contribution in [3.05, 3.63) is 60.2 Å². The van der Waals surface area contributed by atoms with Crippen LogP contribution >= 0.6 is 11.8 Å². The van der Waals surface area contributed by atoms with Crippen LogP contribution in [0.3, 0.4) is 0 Å². The number of nitrogens with one attached hydrogen (secondary N) is 1. The quantitative estimate of drug-likeness (QED) is 0.857. The molecule has 1 N–H and O–H groups in total. The maximum atomic E-state index is 12.6. The third-order valence-electron chi connectivity index (χ3n) is 3.87. The molecule has 2 aromatic carbocycles. The first-order valence-corrected chi connectivity index (χ1v) is 7.99. The standard InChI is InChI=1S/C17H17NOS/c1-20-15-10-6-5-9-14(15)18-16(19)17(11-12-17)13-7-3-2-4-8-13/h2-10H,11-12H2,1H3,(H,18,19). The van der Waals surface area contributed by atoms with Crippen molar-refractivity contribution in [2.75, 3.05) is 11.6 Å². The number of benzene rings is 2. The molecule has 0 atom stereocenters. The van der Waals surface area contributed by atoms with E-state index >= 15 is 0 Å². The summed E-state index contributed by atoms with van der Waals surface area (Å²) in [5, 5.41) is 3.10. The Morgan fingerprint density at radius 1 is 1.05 bits per heavy atom. The Labute approximate surface area is 123 Å². The van der Waals surface area contributed by atoms with Gasteiger partial charge in [0.2, 0.25) is 5.91 Å². The average Bonchev–Trinajstić information content (AvgIpc) is 3.30. The van der Waals surface area contributed by atoms with Crippen LogP contribution in [0.25, 0.3) is 0 Å². The molecule has 1 aliphatic rings. The molecule has 3 rings (SSSR count). The van der Waals surface area contributed by atoms with E-state index in [0.29, 0.717) is 0 Å². The fourth-order valence-electron chi connectivity index (χ4n) is 2.52. The van der Waals surface area contributed by atoms with Gasteiger partial charge in [-0.2, -0.15) is 0 Å². The van der Waals surface area contributed by atoms with Crippen LogP contribution < -0.4 is 5.32 Å². The normalized spacial score (nSPS) is 15.7. The van der Waals surface area contributed by atoms with E-state index < -0.39 is 0 Å². The molecule has 0 aromatic heterocycles. The van der Waals surface area contributed by atoms with Gasteiger partial charge < -0.3 is 5.32 Å². The summed E-state index contributed by atoms with van der Waals surface area (Å²) in [6, 6.07) is 18.0. The van der Waals surface area contributed by atoms with Gasteiger partial charge >= 0.3 is 0 Å². The molecule has 0 bridgehead atoms. The van der Waals surface area contributed by atoms with E-state index in [1.54, 1.807) is 11.8 Å². The largest absolute Gasteiger partial charge is 0.324 e. The number of para-hydroxylation sites is 1. The maximum absolute atomic E-state index is 12.6. The molecular formula is C17H17NOS. The van der Waals surface area contributed by atoms with E-state index in [1.165, 1.54) is 0 Å². The van der Waals surface area contributed by atoms with Crippen molar-refractivity contribution in [1.82, 2.24) is 0 Å². The average molecular weight is 283 g/mol. The van der Waals surface area contributed by atoms with E-state index in [1.807, 2.05) is 60.9 Å². The van der Waals surface area contributed by atoms with Crippen molar-refractivity contribution in [1.29, 1.82) is 0 Å². The first-order chi connectivity index (χ1) is 9.76. The highest BCUT2D eigenvalue weighted by molar-refractivity contribution is 7.98. The van der Waals surface area contributed by atoms with Gasteiger partial charge in [-0.3, -0.25) is 4.79 Å². The van der Waals surface area contributed by atoms with Gasteiger partial charge in [0.1, 0.15) is 0 Å². The Bertz CT molecular complexity index is 620. The molecule has 102 valence electrons. The van der Waals surface area contributed by atoms with Crippen LogP contribution in [0.5, 0.6) is 0 Å². The number of hydrogen-bond donors (Lipinski definition) is 1. The third-order valence-corrected chi connectivity index (χ3v) is 4.66. The number of anilines is 1. The molecule has 20 heavy (non-hydrogen) atoms. The lowest BCUT2D eigenvalue weighted by Gasteiger charge is -2.17. The Balaban J connectivity index is 1.84. The predicted octanol–water partition coefficient (Wildman–Crippen LogP) is 4.08. The minimum absolute atomic E-state index is 0.116. The lowest BCUT2D eigenvalue weighted by atomic mass is 9.95. The number of amides is 1. The smallest absolute Gasteiger partial charge is 0.235 e. The van der Waals surface area contributed by atoms with Crippen LogP contribution in [0.2, 0.25) is 0 Å². The molecular weight excluding hydrogens is 266 g/mol. The van der Waals surface area contributed by atoms with Gasteiger partial charge in [-0.25, -0.2) is 0 Å². The summed E-state index contributed by atoms with van der Waals surface area (Å²) in [4.78, 5) is 13.7. The van der Waals surface area contributed by atoms with Gasteiger partial charge in [0.25, 0.3) is 0 Å². The predicted molar refractivity (Wildman–Crippen MR) is 84.2 cm³/mol. The highest BCUT2D eigenvalue weighted by Gasteiger charge is 2.51. The van der Waals surface area contributed by atoms with E-state index in [-0.39, 0.29) is 11.3 Å². The SMILES string of the molecule is CSc1ccccc1NC(=O)C1(c2ccccc2)CC1. The monoisotopic (exact) mass is 283 g/mol. The molecule has 0 radical (unpaired) electrons. The van der Waals surface area contributed by atoms with Crippen molar-refractivity contribution in [3.63, 3.8) is 0 Å². The first kappa shape index (κ1) is 13.3. The zero-order valence-electron chi connectivity index (χ0n) is 11.4. The molecule has 2 nitrogen and oxygen atoms in total. The fourth-order valence-corrected chi connectivity index (χ4v) is 3.07. The van der Waals surface area contributed by atoms with Crippen molar-refractivity contribution in [2.24, 2.45) is 0 Å². The van der Waals surface area contributed by atoms with E-state index in [9.17, 15) is 4.79 Å². The maximum Gasteiger partial charge on any atom is 0.235 e. The van der Waals surface area contributed by atoms with E-state index in [2.05, 4.69) is 5.32 Å². The molecule has 0 heterocycles. The Hall–Kier alpha value is -1.74. The van der Waals surface area contributed by atoms with Gasteiger partial charge in [0.15, 0.2) is 0 Å². The van der Waals surface area contributed by atoms with Gasteiger partial charge in [0.05, 0.1) is 11.1 Å². The number of thioether (sulfide) groups is 1. The molecule has 0 aliphatic heterocycles. The summed E-state index contributed by atoms with van der Waals surface area (Å²) in [5.74, 6) is 0.116. The van der Waals surface area contributed by atoms with Crippen molar-refractivity contribution in [2.45, 2.75) is 23.2 Å². The number of rotatable bonds is 4. The second kappa shape index (κ2) is 5.33.